The van der Waals surface area contributed by atoms with Crippen molar-refractivity contribution < 1.29 is 0 Å². The zero-order chi connectivity index (χ0) is 18.2. The molecule has 0 bridgehead atoms. The van der Waals surface area contributed by atoms with Crippen LogP contribution in [0.2, 0.25) is 0 Å². The summed E-state index contributed by atoms with van der Waals surface area (Å²) in [6.45, 7) is 6.71. The van der Waals surface area contributed by atoms with Gasteiger partial charge in [0.05, 0.1) is 0 Å². The summed E-state index contributed by atoms with van der Waals surface area (Å²) in [4.78, 5) is 29.7. The van der Waals surface area contributed by atoms with E-state index in [0.29, 0.717) is 18.7 Å². The molecule has 132 valence electrons. The van der Waals surface area contributed by atoms with Crippen LogP contribution in [0.3, 0.4) is 0 Å². The predicted octanol–water partition coefficient (Wildman–Crippen LogP) is 2.83. The molecule has 0 radical (unpaired) electrons. The predicted molar refractivity (Wildman–Crippen MR) is 103 cm³/mol. The molecule has 0 saturated carbocycles. The molecule has 0 aliphatic carbocycles. The van der Waals surface area contributed by atoms with Crippen LogP contribution in [-0.4, -0.2) is 14.5 Å². The highest BCUT2D eigenvalue weighted by Gasteiger charge is 2.16. The lowest BCUT2D eigenvalue weighted by molar-refractivity contribution is 0.374. The number of nitrogens with zero attached hydrogens (tertiary/aromatic N) is 1. The fourth-order valence-corrected chi connectivity index (χ4v) is 3.33. The average molecular weight is 405 g/mol. The lowest BCUT2D eigenvalue weighted by atomic mass is 10.1. The Hall–Kier alpha value is -2.12. The molecule has 2 heterocycles. The van der Waals surface area contributed by atoms with Crippen molar-refractivity contribution in [3.8, 4) is 0 Å². The first-order valence-electron chi connectivity index (χ1n) is 8.08. The van der Waals surface area contributed by atoms with Gasteiger partial charge in [-0.3, -0.25) is 14.3 Å². The molecule has 0 unspecified atom stereocenters. The van der Waals surface area contributed by atoms with Crippen molar-refractivity contribution in [1.82, 2.24) is 19.9 Å². The fraction of sp³-hybridized carbons (Fsp3) is 0.333. The zero-order valence-electron chi connectivity index (χ0n) is 14.4. The summed E-state index contributed by atoms with van der Waals surface area (Å²) in [5.41, 5.74) is 1.47. The Labute approximate surface area is 153 Å². The minimum absolute atomic E-state index is 0.353. The maximum absolute atomic E-state index is 12.0. The molecule has 0 aliphatic rings. The Morgan fingerprint density at radius 1 is 1.12 bits per heavy atom. The maximum atomic E-state index is 12.0. The van der Waals surface area contributed by atoms with E-state index in [9.17, 15) is 9.59 Å². The van der Waals surface area contributed by atoms with E-state index < -0.39 is 5.54 Å². The highest BCUT2D eigenvalue weighted by Crippen LogP contribution is 2.27. The van der Waals surface area contributed by atoms with Crippen molar-refractivity contribution in [1.29, 1.82) is 0 Å². The molecule has 25 heavy (non-hydrogen) atoms. The first-order valence-corrected chi connectivity index (χ1v) is 8.88. The number of para-hydroxylation sites is 1. The van der Waals surface area contributed by atoms with E-state index >= 15 is 0 Å². The number of H-pyrrole nitrogens is 2. The fourth-order valence-electron chi connectivity index (χ4n) is 2.74. The van der Waals surface area contributed by atoms with Gasteiger partial charge < -0.3 is 10.3 Å². The van der Waals surface area contributed by atoms with Crippen LogP contribution in [0.15, 0.2) is 44.5 Å². The van der Waals surface area contributed by atoms with Gasteiger partial charge in [0, 0.05) is 51.5 Å². The Kier molecular flexibility index (Phi) is 4.71. The molecule has 0 atom stereocenters. The minimum atomic E-state index is -0.393. The van der Waals surface area contributed by atoms with Crippen LogP contribution in [0.5, 0.6) is 0 Å². The van der Waals surface area contributed by atoms with Crippen LogP contribution in [-0.2, 0) is 18.6 Å². The van der Waals surface area contributed by atoms with Gasteiger partial charge in [0.2, 0.25) is 0 Å². The van der Waals surface area contributed by atoms with Gasteiger partial charge in [-0.15, -0.1) is 0 Å². The summed E-state index contributed by atoms with van der Waals surface area (Å²) >= 11 is 3.62. The minimum Gasteiger partial charge on any atom is -0.356 e. The smallest absolute Gasteiger partial charge is 0.328 e. The second-order valence-corrected chi connectivity index (χ2v) is 7.81. The molecule has 3 aromatic rings. The summed E-state index contributed by atoms with van der Waals surface area (Å²) in [5.74, 6) is 0. The lowest BCUT2D eigenvalue weighted by Gasteiger charge is -2.22. The van der Waals surface area contributed by atoms with E-state index in [1.165, 1.54) is 0 Å². The second kappa shape index (κ2) is 6.65. The second-order valence-electron chi connectivity index (χ2n) is 7.02. The number of halogens is 1. The first kappa shape index (κ1) is 17.7. The largest absolute Gasteiger partial charge is 0.356 e. The van der Waals surface area contributed by atoms with Gasteiger partial charge in [0.25, 0.3) is 5.56 Å². The molecule has 0 fully saturated rings. The molecule has 2 aromatic heterocycles. The van der Waals surface area contributed by atoms with Crippen LogP contribution in [0, 0.1) is 0 Å². The van der Waals surface area contributed by atoms with Crippen molar-refractivity contribution in [2.45, 2.75) is 39.4 Å². The molecule has 3 rings (SSSR count). The Morgan fingerprint density at radius 2 is 1.84 bits per heavy atom. The summed E-state index contributed by atoms with van der Waals surface area (Å²) in [5, 5.41) is 4.39. The molecule has 0 saturated heterocycles. The quantitative estimate of drug-likeness (QED) is 0.624. The van der Waals surface area contributed by atoms with Gasteiger partial charge in [-0.05, 0) is 42.8 Å². The number of hydrogen-bond donors (Lipinski definition) is 3. The van der Waals surface area contributed by atoms with E-state index in [4.69, 9.17) is 0 Å². The van der Waals surface area contributed by atoms with E-state index in [1.54, 1.807) is 10.8 Å². The molecule has 7 heteroatoms. The van der Waals surface area contributed by atoms with E-state index in [-0.39, 0.29) is 11.2 Å². The molecule has 0 spiro atoms. The third kappa shape index (κ3) is 3.62. The van der Waals surface area contributed by atoms with E-state index in [2.05, 4.69) is 31.2 Å². The van der Waals surface area contributed by atoms with Crippen molar-refractivity contribution in [3.05, 3.63) is 67.0 Å². The molecule has 1 aromatic carbocycles. The number of rotatable bonds is 4. The maximum Gasteiger partial charge on any atom is 0.328 e. The van der Waals surface area contributed by atoms with Crippen LogP contribution in [0.25, 0.3) is 10.9 Å². The zero-order valence-corrected chi connectivity index (χ0v) is 16.0. The SMILES string of the molecule is CC(C)(C)n1cc(CNCc2[nH]c3ccccc3c2Br)c(=O)[nH]c1=O. The Balaban J connectivity index is 1.79. The lowest BCUT2D eigenvalue weighted by Crippen LogP contribution is -2.40. The summed E-state index contributed by atoms with van der Waals surface area (Å²) < 4.78 is 2.56. The standard InChI is InChI=1S/C18H21BrN4O2/c1-18(2,3)23-10-11(16(24)22-17(23)25)8-20-9-14-15(19)12-6-4-5-7-13(12)21-14/h4-7,10,20-21H,8-9H2,1-3H3,(H,22,24,25). The number of hydrogen-bond acceptors (Lipinski definition) is 3. The van der Waals surface area contributed by atoms with Crippen molar-refractivity contribution >= 4 is 26.8 Å². The van der Waals surface area contributed by atoms with E-state index in [0.717, 1.165) is 21.1 Å². The molecule has 6 nitrogen and oxygen atoms in total. The molecular weight excluding hydrogens is 384 g/mol. The number of aromatic amines is 2. The van der Waals surface area contributed by atoms with Crippen LogP contribution in [0.1, 0.15) is 32.0 Å². The summed E-state index contributed by atoms with van der Waals surface area (Å²) in [6.07, 6.45) is 1.63. The van der Waals surface area contributed by atoms with Gasteiger partial charge in [-0.1, -0.05) is 18.2 Å². The highest BCUT2D eigenvalue weighted by atomic mass is 79.9. The van der Waals surface area contributed by atoms with E-state index in [1.807, 2.05) is 45.0 Å². The van der Waals surface area contributed by atoms with Crippen molar-refractivity contribution in [2.24, 2.45) is 0 Å². The van der Waals surface area contributed by atoms with Crippen molar-refractivity contribution in [2.75, 3.05) is 0 Å². The van der Waals surface area contributed by atoms with Crippen molar-refractivity contribution in [3.63, 3.8) is 0 Å². The normalized spacial score (nSPS) is 12.0. The topological polar surface area (TPSA) is 82.7 Å². The third-order valence-electron chi connectivity index (χ3n) is 4.07. The highest BCUT2D eigenvalue weighted by molar-refractivity contribution is 9.10. The van der Waals surface area contributed by atoms with Gasteiger partial charge >= 0.3 is 5.69 Å². The van der Waals surface area contributed by atoms with Gasteiger partial charge in [0.1, 0.15) is 0 Å². The van der Waals surface area contributed by atoms with Gasteiger partial charge in [0.15, 0.2) is 0 Å². The Morgan fingerprint density at radius 3 is 2.52 bits per heavy atom. The number of fused-ring (bicyclic) bond motifs is 1. The number of nitrogens with one attached hydrogen (secondary N) is 3. The monoisotopic (exact) mass is 404 g/mol. The average Bonchev–Trinajstić information content (AvgIpc) is 2.85. The molecule has 3 N–H and O–H groups in total. The van der Waals surface area contributed by atoms with Crippen LogP contribution >= 0.6 is 15.9 Å². The molecule has 0 amide bonds. The van der Waals surface area contributed by atoms with Crippen LogP contribution < -0.4 is 16.6 Å². The van der Waals surface area contributed by atoms with Gasteiger partial charge in [-0.25, -0.2) is 4.79 Å². The third-order valence-corrected chi connectivity index (χ3v) is 4.98. The Bertz CT molecular complexity index is 1020. The molecule has 0 aliphatic heterocycles. The summed E-state index contributed by atoms with van der Waals surface area (Å²) in [7, 11) is 0. The molecular formula is C18H21BrN4O2. The van der Waals surface area contributed by atoms with Gasteiger partial charge in [-0.2, -0.15) is 0 Å². The van der Waals surface area contributed by atoms with Crippen LogP contribution in [0.4, 0.5) is 0 Å². The summed E-state index contributed by atoms with van der Waals surface area (Å²) in [6, 6.07) is 8.04. The number of aromatic nitrogens is 3. The number of benzene rings is 1. The first-order chi connectivity index (χ1) is 11.8.